The van der Waals surface area contributed by atoms with Gasteiger partial charge in [-0.1, -0.05) is 12.1 Å². The lowest BCUT2D eigenvalue weighted by Crippen LogP contribution is -2.36. The van der Waals surface area contributed by atoms with Gasteiger partial charge in [0.25, 0.3) is 11.8 Å². The summed E-state index contributed by atoms with van der Waals surface area (Å²) in [6.45, 7) is 9.35. The number of hydrogen-bond donors (Lipinski definition) is 2. The number of thiophene rings is 2. The zero-order valence-electron chi connectivity index (χ0n) is 20.4. The van der Waals surface area contributed by atoms with E-state index in [1.165, 1.54) is 17.4 Å². The summed E-state index contributed by atoms with van der Waals surface area (Å²) >= 11 is 3.08. The Morgan fingerprint density at radius 1 is 1.14 bits per heavy atom. The Morgan fingerprint density at radius 3 is 2.62 bits per heavy atom. The van der Waals surface area contributed by atoms with Crippen LogP contribution in [0.25, 0.3) is 31.4 Å². The monoisotopic (exact) mass is 531 g/mol. The molecule has 2 amide bonds. The Labute approximate surface area is 222 Å². The van der Waals surface area contributed by atoms with Gasteiger partial charge in [0.15, 0.2) is 11.6 Å². The highest BCUT2D eigenvalue weighted by atomic mass is 32.1. The summed E-state index contributed by atoms with van der Waals surface area (Å²) in [4.78, 5) is 37.2. The highest BCUT2D eigenvalue weighted by molar-refractivity contribution is 7.22. The molecule has 0 saturated heterocycles. The number of nitrogens with one attached hydrogen (secondary N) is 2. The van der Waals surface area contributed by atoms with Crippen molar-refractivity contribution in [3.8, 4) is 26.9 Å². The number of benzene rings is 1. The zero-order valence-corrected chi connectivity index (χ0v) is 22.0. The van der Waals surface area contributed by atoms with Crippen LogP contribution in [0.3, 0.4) is 0 Å². The minimum atomic E-state index is -0.421. The number of fused-ring (bicyclic) bond motifs is 1. The first-order valence-electron chi connectivity index (χ1n) is 11.7. The smallest absolute Gasteiger partial charge is 0.275 e. The van der Waals surface area contributed by atoms with E-state index in [4.69, 9.17) is 14.7 Å². The Kier molecular flexibility index (Phi) is 7.13. The van der Waals surface area contributed by atoms with Gasteiger partial charge in [-0.15, -0.1) is 29.3 Å². The van der Waals surface area contributed by atoms with Crippen molar-refractivity contribution >= 4 is 50.5 Å². The van der Waals surface area contributed by atoms with Crippen LogP contribution in [-0.4, -0.2) is 46.5 Å². The SMILES string of the molecule is C=CCNCCOc1ccc(-c2sc3nc(-c4cccs4)nc(NN4C(=O)C=C(C)C4=O)c3c2C)cc1. The van der Waals surface area contributed by atoms with Crippen LogP contribution in [0.2, 0.25) is 0 Å². The molecule has 0 fully saturated rings. The van der Waals surface area contributed by atoms with E-state index >= 15 is 0 Å². The molecular weight excluding hydrogens is 506 g/mol. The third-order valence-electron chi connectivity index (χ3n) is 5.80. The number of carbonyl (C=O) groups excluding carboxylic acids is 2. The summed E-state index contributed by atoms with van der Waals surface area (Å²) in [5, 5.41) is 6.95. The average molecular weight is 532 g/mol. The molecule has 0 saturated carbocycles. The van der Waals surface area contributed by atoms with Gasteiger partial charge >= 0.3 is 0 Å². The first-order valence-corrected chi connectivity index (χ1v) is 13.4. The molecule has 188 valence electrons. The molecule has 0 aliphatic carbocycles. The van der Waals surface area contributed by atoms with Gasteiger partial charge in [-0.25, -0.2) is 9.97 Å². The van der Waals surface area contributed by atoms with Gasteiger partial charge in [0.05, 0.1) is 10.3 Å². The van der Waals surface area contributed by atoms with Crippen LogP contribution >= 0.6 is 22.7 Å². The van der Waals surface area contributed by atoms with Gasteiger partial charge in [0.1, 0.15) is 17.2 Å². The van der Waals surface area contributed by atoms with Crippen molar-refractivity contribution in [3.63, 3.8) is 0 Å². The first-order chi connectivity index (χ1) is 18.0. The number of hydrazine groups is 1. The van der Waals surface area contributed by atoms with Gasteiger partial charge in [-0.3, -0.25) is 15.0 Å². The van der Waals surface area contributed by atoms with Crippen molar-refractivity contribution in [2.75, 3.05) is 25.1 Å². The molecule has 0 atom stereocenters. The summed E-state index contributed by atoms with van der Waals surface area (Å²) in [7, 11) is 0. The second kappa shape index (κ2) is 10.6. The lowest BCUT2D eigenvalue weighted by molar-refractivity contribution is -0.135. The van der Waals surface area contributed by atoms with Crippen LogP contribution in [0.5, 0.6) is 5.75 Å². The minimum absolute atomic E-state index is 0.378. The second-order valence-electron chi connectivity index (χ2n) is 8.39. The highest BCUT2D eigenvalue weighted by Gasteiger charge is 2.30. The van der Waals surface area contributed by atoms with Crippen LogP contribution in [0.15, 0.2) is 66.1 Å². The fourth-order valence-electron chi connectivity index (χ4n) is 3.96. The topological polar surface area (TPSA) is 96.4 Å². The molecule has 0 bridgehead atoms. The fourth-order valence-corrected chi connectivity index (χ4v) is 5.80. The largest absolute Gasteiger partial charge is 0.492 e. The number of nitrogens with zero attached hydrogens (tertiary/aromatic N) is 3. The Balaban J connectivity index is 1.49. The molecule has 4 aromatic rings. The molecule has 5 rings (SSSR count). The predicted molar refractivity (Wildman–Crippen MR) is 149 cm³/mol. The Bertz CT molecular complexity index is 1510. The molecule has 8 nitrogen and oxygen atoms in total. The van der Waals surface area contributed by atoms with E-state index < -0.39 is 11.8 Å². The number of anilines is 1. The van der Waals surface area contributed by atoms with E-state index in [0.29, 0.717) is 23.8 Å². The molecule has 10 heteroatoms. The van der Waals surface area contributed by atoms with Crippen molar-refractivity contribution in [2.24, 2.45) is 0 Å². The van der Waals surface area contributed by atoms with E-state index in [9.17, 15) is 9.59 Å². The van der Waals surface area contributed by atoms with Crippen molar-refractivity contribution in [3.05, 3.63) is 71.6 Å². The number of aromatic nitrogens is 2. The number of aryl methyl sites for hydroxylation is 1. The van der Waals surface area contributed by atoms with Gasteiger partial charge < -0.3 is 10.1 Å². The number of ether oxygens (including phenoxy) is 1. The van der Waals surface area contributed by atoms with Gasteiger partial charge in [0, 0.05) is 29.6 Å². The number of carbonyl (C=O) groups is 2. The summed E-state index contributed by atoms with van der Waals surface area (Å²) in [5.74, 6) is 0.938. The van der Waals surface area contributed by atoms with Crippen LogP contribution in [0.4, 0.5) is 5.82 Å². The number of amides is 2. The van der Waals surface area contributed by atoms with Crippen LogP contribution in [0.1, 0.15) is 12.5 Å². The molecule has 3 aromatic heterocycles. The molecule has 0 radical (unpaired) electrons. The third-order valence-corrected chi connectivity index (χ3v) is 7.90. The minimum Gasteiger partial charge on any atom is -0.492 e. The molecule has 4 heterocycles. The van der Waals surface area contributed by atoms with Gasteiger partial charge in [-0.05, 0) is 60.7 Å². The van der Waals surface area contributed by atoms with E-state index in [1.807, 2.05) is 54.8 Å². The van der Waals surface area contributed by atoms with Crippen molar-refractivity contribution in [1.82, 2.24) is 20.3 Å². The highest BCUT2D eigenvalue weighted by Crippen LogP contribution is 2.42. The molecule has 37 heavy (non-hydrogen) atoms. The van der Waals surface area contributed by atoms with Gasteiger partial charge in [0.2, 0.25) is 0 Å². The maximum absolute atomic E-state index is 12.6. The quantitative estimate of drug-likeness (QED) is 0.165. The summed E-state index contributed by atoms with van der Waals surface area (Å²) < 4.78 is 5.81. The third kappa shape index (κ3) is 5.04. The molecule has 1 aromatic carbocycles. The summed E-state index contributed by atoms with van der Waals surface area (Å²) in [5.41, 5.74) is 5.34. The average Bonchev–Trinajstić information content (AvgIpc) is 3.60. The standard InChI is InChI=1S/C27H25N5O3S2/c1-4-11-28-12-13-35-19-9-7-18(8-10-19)23-17(3)22-25(31-32-21(33)15-16(2)27(32)34)29-24(30-26(22)37-23)20-6-5-14-36-20/h4-10,14-15,28H,1,11-13H2,2-3H3,(H,29,30,31). The van der Waals surface area contributed by atoms with Crippen LogP contribution < -0.4 is 15.5 Å². The normalized spacial score (nSPS) is 13.4. The number of imide groups is 1. The number of hydrogen-bond acceptors (Lipinski definition) is 9. The van der Waals surface area contributed by atoms with Crippen molar-refractivity contribution < 1.29 is 14.3 Å². The van der Waals surface area contributed by atoms with Crippen molar-refractivity contribution in [2.45, 2.75) is 13.8 Å². The molecular formula is C27H25N5O3S2. The van der Waals surface area contributed by atoms with Crippen LogP contribution in [0, 0.1) is 6.92 Å². The Morgan fingerprint density at radius 2 is 1.95 bits per heavy atom. The molecule has 1 aliphatic rings. The van der Waals surface area contributed by atoms with Gasteiger partial charge in [-0.2, -0.15) is 5.01 Å². The summed E-state index contributed by atoms with van der Waals surface area (Å²) in [6.07, 6.45) is 3.13. The van der Waals surface area contributed by atoms with E-state index in [-0.39, 0.29) is 0 Å². The number of rotatable bonds is 10. The van der Waals surface area contributed by atoms with Crippen molar-refractivity contribution in [1.29, 1.82) is 0 Å². The van der Waals surface area contributed by atoms with Crippen LogP contribution in [-0.2, 0) is 9.59 Å². The fraction of sp³-hybridized carbons (Fsp3) is 0.185. The lowest BCUT2D eigenvalue weighted by atomic mass is 10.1. The second-order valence-corrected chi connectivity index (χ2v) is 10.3. The Hall–Kier alpha value is -3.86. The molecule has 0 spiro atoms. The maximum atomic E-state index is 12.6. The zero-order chi connectivity index (χ0) is 25.9. The lowest BCUT2D eigenvalue weighted by Gasteiger charge is -2.17. The summed E-state index contributed by atoms with van der Waals surface area (Å²) in [6, 6.07) is 11.8. The molecule has 1 aliphatic heterocycles. The molecule has 2 N–H and O–H groups in total. The maximum Gasteiger partial charge on any atom is 0.275 e. The van der Waals surface area contributed by atoms with E-state index in [0.717, 1.165) is 54.9 Å². The first kappa shape index (κ1) is 24.8. The van der Waals surface area contributed by atoms with E-state index in [2.05, 4.69) is 17.3 Å². The predicted octanol–water partition coefficient (Wildman–Crippen LogP) is 5.19. The van der Waals surface area contributed by atoms with E-state index in [1.54, 1.807) is 18.3 Å². The molecule has 0 unspecified atom stereocenters.